The molecule has 0 bridgehead atoms. The maximum absolute atomic E-state index is 14.0. The Morgan fingerprint density at radius 1 is 1.09 bits per heavy atom. The van der Waals surface area contributed by atoms with Crippen molar-refractivity contribution in [3.8, 4) is 5.75 Å². The first kappa shape index (κ1) is 23.4. The molecule has 10 heteroatoms. The second-order valence-corrected chi connectivity index (χ2v) is 9.37. The Kier molecular flexibility index (Phi) is 6.29. The molecule has 1 aromatic heterocycles. The Morgan fingerprint density at radius 3 is 2.54 bits per heavy atom. The predicted molar refractivity (Wildman–Crippen MR) is 122 cm³/mol. The number of nitrogens with zero attached hydrogens (tertiary/aromatic N) is 4. The fraction of sp³-hybridized carbons (Fsp3) is 0.520. The molecule has 2 fully saturated rings. The zero-order valence-corrected chi connectivity index (χ0v) is 19.8. The van der Waals surface area contributed by atoms with Crippen LogP contribution in [0.2, 0.25) is 0 Å². The first-order valence-corrected chi connectivity index (χ1v) is 11.9. The van der Waals surface area contributed by atoms with Gasteiger partial charge in [0.25, 0.3) is 0 Å². The smallest absolute Gasteiger partial charge is 0.309 e. The fourth-order valence-electron chi connectivity index (χ4n) is 4.93. The van der Waals surface area contributed by atoms with Crippen LogP contribution in [0.4, 0.5) is 14.6 Å². The first-order chi connectivity index (χ1) is 16.8. The van der Waals surface area contributed by atoms with E-state index in [4.69, 9.17) is 19.4 Å². The van der Waals surface area contributed by atoms with Crippen molar-refractivity contribution in [1.82, 2.24) is 14.9 Å². The summed E-state index contributed by atoms with van der Waals surface area (Å²) in [4.78, 5) is 37.8. The number of aromatic nitrogens is 2. The van der Waals surface area contributed by atoms with Gasteiger partial charge in [0.15, 0.2) is 17.4 Å². The molecule has 1 aliphatic carbocycles. The molecule has 0 spiro atoms. The number of anilines is 1. The maximum atomic E-state index is 14.0. The quantitative estimate of drug-likeness (QED) is 0.601. The van der Waals surface area contributed by atoms with Crippen molar-refractivity contribution in [2.45, 2.75) is 51.2 Å². The number of esters is 1. The Bertz CT molecular complexity index is 1150. The summed E-state index contributed by atoms with van der Waals surface area (Å²) in [5.74, 6) is -1.08. The van der Waals surface area contributed by atoms with E-state index in [-0.39, 0.29) is 35.6 Å². The summed E-state index contributed by atoms with van der Waals surface area (Å²) in [6.07, 6.45) is 2.36. The molecule has 1 saturated carbocycles. The Labute approximate surface area is 202 Å². The number of ether oxygens (including phenoxy) is 2. The van der Waals surface area contributed by atoms with Crippen LogP contribution in [-0.2, 0) is 27.3 Å². The van der Waals surface area contributed by atoms with E-state index in [0.29, 0.717) is 51.9 Å². The molecule has 2 aromatic rings. The maximum Gasteiger partial charge on any atom is 0.309 e. The lowest BCUT2D eigenvalue weighted by Crippen LogP contribution is -2.40. The molecule has 2 aliphatic heterocycles. The summed E-state index contributed by atoms with van der Waals surface area (Å²) in [7, 11) is 1.39. The van der Waals surface area contributed by atoms with Gasteiger partial charge in [-0.05, 0) is 18.6 Å². The van der Waals surface area contributed by atoms with Crippen LogP contribution in [0.1, 0.15) is 49.2 Å². The minimum absolute atomic E-state index is 0.00148. The summed E-state index contributed by atoms with van der Waals surface area (Å²) < 4.78 is 37.9. The highest BCUT2D eigenvalue weighted by Gasteiger charge is 2.48. The summed E-state index contributed by atoms with van der Waals surface area (Å²) in [6, 6.07) is 3.32. The average molecular weight is 487 g/mol. The third-order valence-electron chi connectivity index (χ3n) is 7.04. The minimum Gasteiger partial charge on any atom is -0.487 e. The third-order valence-corrected chi connectivity index (χ3v) is 7.04. The number of carbonyl (C=O) groups excluding carboxylic acids is 2. The van der Waals surface area contributed by atoms with E-state index < -0.39 is 11.6 Å². The van der Waals surface area contributed by atoms with E-state index in [2.05, 4.69) is 4.90 Å². The van der Waals surface area contributed by atoms with Crippen LogP contribution in [0, 0.1) is 17.6 Å². The number of hydrogen-bond donors (Lipinski definition) is 0. The summed E-state index contributed by atoms with van der Waals surface area (Å²) >= 11 is 0. The van der Waals surface area contributed by atoms with Gasteiger partial charge in [-0.3, -0.25) is 9.59 Å². The van der Waals surface area contributed by atoms with Crippen LogP contribution in [0.25, 0.3) is 0 Å². The number of benzene rings is 1. The highest BCUT2D eigenvalue weighted by Crippen LogP contribution is 2.50. The van der Waals surface area contributed by atoms with Crippen LogP contribution >= 0.6 is 0 Å². The van der Waals surface area contributed by atoms with Gasteiger partial charge in [0, 0.05) is 57.8 Å². The van der Waals surface area contributed by atoms with E-state index in [9.17, 15) is 18.4 Å². The van der Waals surface area contributed by atoms with E-state index in [0.717, 1.165) is 29.0 Å². The van der Waals surface area contributed by atoms with Crippen molar-refractivity contribution < 1.29 is 27.8 Å². The van der Waals surface area contributed by atoms with E-state index in [1.807, 2.05) is 0 Å². The number of fused-ring (bicyclic) bond motifs is 1. The summed E-state index contributed by atoms with van der Waals surface area (Å²) in [6.45, 7) is 3.82. The Morgan fingerprint density at radius 2 is 1.86 bits per heavy atom. The van der Waals surface area contributed by atoms with Gasteiger partial charge in [-0.15, -0.1) is 0 Å². The molecule has 186 valence electrons. The highest BCUT2D eigenvalue weighted by atomic mass is 19.1. The SMILES string of the molecule is COC(=O)C1CC1c1nc2c(nc1N1CCC(Oc3ccc(F)cc3F)CC1)CCN(C(C)=O)C2. The number of piperidine rings is 1. The van der Waals surface area contributed by atoms with Gasteiger partial charge >= 0.3 is 5.97 Å². The van der Waals surface area contributed by atoms with Crippen molar-refractivity contribution in [2.75, 3.05) is 31.6 Å². The van der Waals surface area contributed by atoms with Gasteiger partial charge in [-0.2, -0.15) is 0 Å². The van der Waals surface area contributed by atoms with E-state index in [1.165, 1.54) is 19.2 Å². The monoisotopic (exact) mass is 486 g/mol. The lowest BCUT2D eigenvalue weighted by Gasteiger charge is -2.35. The van der Waals surface area contributed by atoms with Gasteiger partial charge in [-0.25, -0.2) is 18.7 Å². The van der Waals surface area contributed by atoms with Crippen LogP contribution < -0.4 is 9.64 Å². The van der Waals surface area contributed by atoms with Crippen molar-refractivity contribution in [1.29, 1.82) is 0 Å². The van der Waals surface area contributed by atoms with E-state index in [1.54, 1.807) is 11.8 Å². The van der Waals surface area contributed by atoms with Gasteiger partial charge in [0.1, 0.15) is 11.9 Å². The number of carbonyl (C=O) groups is 2. The number of halogens is 2. The number of hydrogen-bond acceptors (Lipinski definition) is 7. The predicted octanol–water partition coefficient (Wildman–Crippen LogP) is 2.98. The first-order valence-electron chi connectivity index (χ1n) is 11.9. The molecule has 8 nitrogen and oxygen atoms in total. The lowest BCUT2D eigenvalue weighted by molar-refractivity contribution is -0.142. The zero-order valence-electron chi connectivity index (χ0n) is 19.8. The van der Waals surface area contributed by atoms with Gasteiger partial charge in [0.2, 0.25) is 5.91 Å². The molecule has 1 saturated heterocycles. The van der Waals surface area contributed by atoms with Crippen molar-refractivity contribution >= 4 is 17.7 Å². The normalized spacial score (nSPS) is 21.9. The molecule has 35 heavy (non-hydrogen) atoms. The fourth-order valence-corrected chi connectivity index (χ4v) is 4.93. The van der Waals surface area contributed by atoms with Crippen molar-refractivity contribution in [3.63, 3.8) is 0 Å². The molecule has 1 aromatic carbocycles. The molecular weight excluding hydrogens is 458 g/mol. The Balaban J connectivity index is 1.35. The Hall–Kier alpha value is -3.30. The van der Waals surface area contributed by atoms with Crippen LogP contribution in [0.5, 0.6) is 5.75 Å². The molecule has 3 aliphatic rings. The average Bonchev–Trinajstić information content (AvgIpc) is 3.65. The van der Waals surface area contributed by atoms with Crippen molar-refractivity contribution in [2.24, 2.45) is 5.92 Å². The molecule has 5 rings (SSSR count). The number of methoxy groups -OCH3 is 1. The third kappa shape index (κ3) is 4.78. The number of amides is 1. The summed E-state index contributed by atoms with van der Waals surface area (Å²) in [5, 5.41) is 0. The van der Waals surface area contributed by atoms with Gasteiger partial charge < -0.3 is 19.3 Å². The van der Waals surface area contributed by atoms with Crippen molar-refractivity contribution in [3.05, 3.63) is 46.9 Å². The molecule has 2 atom stereocenters. The zero-order chi connectivity index (χ0) is 24.7. The van der Waals surface area contributed by atoms with E-state index >= 15 is 0 Å². The highest BCUT2D eigenvalue weighted by molar-refractivity contribution is 5.78. The second kappa shape index (κ2) is 9.39. The molecule has 2 unspecified atom stereocenters. The molecular formula is C25H28F2N4O4. The second-order valence-electron chi connectivity index (χ2n) is 9.37. The topological polar surface area (TPSA) is 84.9 Å². The van der Waals surface area contributed by atoms with Gasteiger partial charge in [0.05, 0.1) is 36.7 Å². The standard InChI is InChI=1S/C25H28F2N4O4/c1-14(32)31-10-7-20-21(13-31)28-23(17-12-18(17)25(33)34-2)24(29-20)30-8-5-16(6-9-30)35-22-4-3-15(26)11-19(22)27/h3-4,11,16-18H,5-10,12-13H2,1-2H3. The van der Waals surface area contributed by atoms with Crippen LogP contribution in [0.3, 0.4) is 0 Å². The van der Waals surface area contributed by atoms with Crippen LogP contribution in [0.15, 0.2) is 18.2 Å². The van der Waals surface area contributed by atoms with Gasteiger partial charge in [-0.1, -0.05) is 0 Å². The molecule has 0 radical (unpaired) electrons. The minimum atomic E-state index is -0.711. The lowest BCUT2D eigenvalue weighted by atomic mass is 10.1. The largest absolute Gasteiger partial charge is 0.487 e. The van der Waals surface area contributed by atoms with Crippen LogP contribution in [-0.4, -0.2) is 59.6 Å². The summed E-state index contributed by atoms with van der Waals surface area (Å²) in [5.41, 5.74) is 2.43. The molecule has 3 heterocycles. The molecule has 1 amide bonds. The number of rotatable bonds is 5. The molecule has 0 N–H and O–H groups in total.